The summed E-state index contributed by atoms with van der Waals surface area (Å²) in [6.07, 6.45) is 0.692. The molecule has 1 aromatic heterocycles. The fourth-order valence-corrected chi connectivity index (χ4v) is 4.85. The standard InChI is InChI=1S/C30H28ClFN4O4S/c1-30(2,3)40-29(37)35-28(36-41(38,39)25-10-5-4-6-11-25)34-19-20-16-26(21-12-14-23(31)15-13-21)27(33-18-20)22-8-7-9-24(32)17-22/h4-18H,19H2,1-3H3,(H2,34,35,36,37). The number of hydrogen-bond acceptors (Lipinski definition) is 5. The van der Waals surface area contributed by atoms with E-state index in [4.69, 9.17) is 16.3 Å². The number of ether oxygens (including phenoxy) is 1. The first-order valence-corrected chi connectivity index (χ1v) is 14.4. The van der Waals surface area contributed by atoms with Crippen molar-refractivity contribution in [2.45, 2.75) is 37.8 Å². The molecule has 11 heteroatoms. The number of guanidine groups is 1. The zero-order valence-electron chi connectivity index (χ0n) is 22.6. The van der Waals surface area contributed by atoms with Gasteiger partial charge in [-0.25, -0.2) is 9.18 Å². The highest BCUT2D eigenvalue weighted by Gasteiger charge is 2.20. The first-order valence-electron chi connectivity index (χ1n) is 12.5. The average Bonchev–Trinajstić information content (AvgIpc) is 2.91. The van der Waals surface area contributed by atoms with Gasteiger partial charge in [0.1, 0.15) is 11.4 Å². The molecular formula is C30H28ClFN4O4S. The van der Waals surface area contributed by atoms with Crippen molar-refractivity contribution in [3.8, 4) is 22.4 Å². The molecule has 1 amide bonds. The van der Waals surface area contributed by atoms with Crippen LogP contribution in [0.2, 0.25) is 5.02 Å². The Bertz CT molecular complexity index is 1670. The maximum Gasteiger partial charge on any atom is 0.414 e. The van der Waals surface area contributed by atoms with Gasteiger partial charge in [0.25, 0.3) is 10.0 Å². The molecule has 3 aromatic carbocycles. The maximum absolute atomic E-state index is 14.0. The normalized spacial score (nSPS) is 12.1. The number of nitrogens with zero attached hydrogens (tertiary/aromatic N) is 2. The number of sulfonamides is 1. The summed E-state index contributed by atoms with van der Waals surface area (Å²) in [6, 6.07) is 22.7. The minimum Gasteiger partial charge on any atom is -0.444 e. The Hall–Kier alpha value is -4.28. The molecule has 4 aromatic rings. The van der Waals surface area contributed by atoms with E-state index in [2.05, 4.69) is 20.0 Å². The van der Waals surface area contributed by atoms with Crippen LogP contribution >= 0.6 is 11.6 Å². The number of amides is 1. The van der Waals surface area contributed by atoms with Gasteiger partial charge in [0, 0.05) is 28.9 Å². The van der Waals surface area contributed by atoms with E-state index in [1.165, 1.54) is 24.3 Å². The van der Waals surface area contributed by atoms with Crippen molar-refractivity contribution < 1.29 is 22.3 Å². The number of benzene rings is 3. The molecule has 41 heavy (non-hydrogen) atoms. The average molecular weight is 595 g/mol. The predicted octanol–water partition coefficient (Wildman–Crippen LogP) is 6.57. The number of rotatable bonds is 6. The minimum absolute atomic E-state index is 0.0377. The van der Waals surface area contributed by atoms with Gasteiger partial charge in [-0.2, -0.15) is 8.42 Å². The van der Waals surface area contributed by atoms with Crippen LogP contribution < -0.4 is 10.6 Å². The van der Waals surface area contributed by atoms with Crippen LogP contribution in [0.5, 0.6) is 0 Å². The molecule has 0 atom stereocenters. The number of nitrogens with one attached hydrogen (secondary N) is 2. The molecule has 0 fully saturated rings. The van der Waals surface area contributed by atoms with E-state index in [0.717, 1.165) is 5.56 Å². The number of carbonyl (C=O) groups excluding carboxylic acids is 1. The van der Waals surface area contributed by atoms with Crippen molar-refractivity contribution in [1.29, 1.82) is 0 Å². The Kier molecular flexibility index (Phi) is 9.05. The van der Waals surface area contributed by atoms with Crippen LogP contribution in [0, 0.1) is 5.82 Å². The van der Waals surface area contributed by atoms with E-state index >= 15 is 0 Å². The van der Waals surface area contributed by atoms with Crippen LogP contribution in [0.3, 0.4) is 0 Å². The molecular weight excluding hydrogens is 567 g/mol. The predicted molar refractivity (Wildman–Crippen MR) is 157 cm³/mol. The highest BCUT2D eigenvalue weighted by molar-refractivity contribution is 7.90. The van der Waals surface area contributed by atoms with E-state index in [1.807, 2.05) is 18.2 Å². The smallest absolute Gasteiger partial charge is 0.414 e. The van der Waals surface area contributed by atoms with Gasteiger partial charge in [0.05, 0.1) is 10.6 Å². The highest BCUT2D eigenvalue weighted by atomic mass is 35.5. The fourth-order valence-electron chi connectivity index (χ4n) is 3.77. The molecule has 0 aliphatic rings. The summed E-state index contributed by atoms with van der Waals surface area (Å²) in [5.41, 5.74) is 2.42. The van der Waals surface area contributed by atoms with Gasteiger partial charge in [0.15, 0.2) is 0 Å². The summed E-state index contributed by atoms with van der Waals surface area (Å²) in [5.74, 6) is -0.726. The largest absolute Gasteiger partial charge is 0.444 e. The third-order valence-corrected chi connectivity index (χ3v) is 7.07. The second-order valence-corrected chi connectivity index (χ2v) is 12.0. The van der Waals surface area contributed by atoms with Crippen LogP contribution in [0.15, 0.2) is 100 Å². The SMILES string of the molecule is CC(C)(C)OC(=O)N/C(=N\S(=O)(=O)c1ccccc1)NCc1cnc(-c2cccc(F)c2)c(-c2ccc(Cl)cc2)c1. The van der Waals surface area contributed by atoms with Crippen molar-refractivity contribution in [2.75, 3.05) is 0 Å². The first kappa shape index (κ1) is 29.7. The number of hydrogen-bond donors (Lipinski definition) is 2. The van der Waals surface area contributed by atoms with Crippen LogP contribution in [0.4, 0.5) is 9.18 Å². The van der Waals surface area contributed by atoms with Crippen molar-refractivity contribution in [3.63, 3.8) is 0 Å². The Morgan fingerprint density at radius 1 is 0.976 bits per heavy atom. The number of pyridine rings is 1. The molecule has 1 heterocycles. The van der Waals surface area contributed by atoms with E-state index in [1.54, 1.807) is 69.4 Å². The van der Waals surface area contributed by atoms with Crippen molar-refractivity contribution in [2.24, 2.45) is 4.40 Å². The minimum atomic E-state index is -4.16. The molecule has 0 unspecified atom stereocenters. The second-order valence-electron chi connectivity index (χ2n) is 9.97. The summed E-state index contributed by atoms with van der Waals surface area (Å²) in [6.45, 7) is 5.08. The van der Waals surface area contributed by atoms with Crippen molar-refractivity contribution >= 4 is 33.7 Å². The molecule has 0 aliphatic heterocycles. The van der Waals surface area contributed by atoms with E-state index in [9.17, 15) is 17.6 Å². The Morgan fingerprint density at radius 2 is 1.68 bits per heavy atom. The summed E-state index contributed by atoms with van der Waals surface area (Å²) < 4.78 is 49.0. The van der Waals surface area contributed by atoms with E-state index < -0.39 is 27.5 Å². The molecule has 0 saturated heterocycles. The molecule has 4 rings (SSSR count). The quantitative estimate of drug-likeness (QED) is 0.193. The van der Waals surface area contributed by atoms with Crippen molar-refractivity contribution in [1.82, 2.24) is 15.6 Å². The zero-order valence-corrected chi connectivity index (χ0v) is 24.1. The first-order chi connectivity index (χ1) is 19.4. The maximum atomic E-state index is 14.0. The van der Waals surface area contributed by atoms with Crippen LogP contribution in [0.1, 0.15) is 26.3 Å². The lowest BCUT2D eigenvalue weighted by Gasteiger charge is -2.20. The Balaban J connectivity index is 1.68. The Morgan fingerprint density at radius 3 is 2.34 bits per heavy atom. The number of halogens is 2. The monoisotopic (exact) mass is 594 g/mol. The van der Waals surface area contributed by atoms with Crippen LogP contribution in [-0.4, -0.2) is 31.1 Å². The Labute approximate surface area is 243 Å². The summed E-state index contributed by atoms with van der Waals surface area (Å²) in [7, 11) is -4.16. The molecule has 0 radical (unpaired) electrons. The molecule has 2 N–H and O–H groups in total. The van der Waals surface area contributed by atoms with Gasteiger partial charge in [-0.15, -0.1) is 4.40 Å². The topological polar surface area (TPSA) is 110 Å². The van der Waals surface area contributed by atoms with Gasteiger partial charge in [-0.3, -0.25) is 10.3 Å². The third-order valence-electron chi connectivity index (χ3n) is 5.53. The van der Waals surface area contributed by atoms with Crippen LogP contribution in [0.25, 0.3) is 22.4 Å². The second kappa shape index (κ2) is 12.5. The molecule has 0 aliphatic carbocycles. The van der Waals surface area contributed by atoms with E-state index in [0.29, 0.717) is 27.4 Å². The highest BCUT2D eigenvalue weighted by Crippen LogP contribution is 2.32. The van der Waals surface area contributed by atoms with Gasteiger partial charge < -0.3 is 10.1 Å². The number of alkyl carbamates (subject to hydrolysis) is 1. The van der Waals surface area contributed by atoms with Gasteiger partial charge in [-0.1, -0.05) is 54.1 Å². The van der Waals surface area contributed by atoms with Gasteiger partial charge in [-0.05, 0) is 74.4 Å². The lowest BCUT2D eigenvalue weighted by atomic mass is 9.98. The lowest BCUT2D eigenvalue weighted by Crippen LogP contribution is -2.43. The fraction of sp³-hybridized carbons (Fsp3) is 0.167. The summed E-state index contributed by atoms with van der Waals surface area (Å²) in [4.78, 5) is 17.0. The van der Waals surface area contributed by atoms with Gasteiger partial charge >= 0.3 is 6.09 Å². The van der Waals surface area contributed by atoms with Crippen LogP contribution in [-0.2, 0) is 21.3 Å². The molecule has 0 saturated carbocycles. The number of carbonyl (C=O) groups is 1. The third kappa shape index (κ3) is 8.36. The van der Waals surface area contributed by atoms with E-state index in [-0.39, 0.29) is 17.4 Å². The van der Waals surface area contributed by atoms with Crippen molar-refractivity contribution in [3.05, 3.63) is 108 Å². The summed E-state index contributed by atoms with van der Waals surface area (Å²) in [5, 5.41) is 5.82. The lowest BCUT2D eigenvalue weighted by molar-refractivity contribution is 0.0561. The molecule has 212 valence electrons. The summed E-state index contributed by atoms with van der Waals surface area (Å²) >= 11 is 6.09. The molecule has 0 bridgehead atoms. The molecule has 0 spiro atoms. The number of aromatic nitrogens is 1. The zero-order chi connectivity index (χ0) is 29.6. The molecule has 8 nitrogen and oxygen atoms in total. The van der Waals surface area contributed by atoms with Gasteiger partial charge in [0.2, 0.25) is 5.96 Å².